The topological polar surface area (TPSA) is 61.6 Å². The van der Waals surface area contributed by atoms with Crippen LogP contribution in [0.3, 0.4) is 0 Å². The van der Waals surface area contributed by atoms with Crippen LogP contribution in [0.2, 0.25) is 0 Å². The fourth-order valence-corrected chi connectivity index (χ4v) is 2.79. The lowest BCUT2D eigenvalue weighted by atomic mass is 10.3. The van der Waals surface area contributed by atoms with Gasteiger partial charge in [-0.05, 0) is 19.8 Å². The molecule has 3 rings (SSSR count). The molecule has 1 aromatic heterocycles. The highest BCUT2D eigenvalue weighted by atomic mass is 16.3. The summed E-state index contributed by atoms with van der Waals surface area (Å²) in [4.78, 5) is 21.0. The molecule has 0 aromatic carbocycles. The minimum Gasteiger partial charge on any atom is -0.392 e. The number of aromatic nitrogens is 2. The minimum absolute atomic E-state index is 0.0407. The van der Waals surface area contributed by atoms with Gasteiger partial charge in [0.25, 0.3) is 5.56 Å². The van der Waals surface area contributed by atoms with Gasteiger partial charge in [-0.25, -0.2) is 4.98 Å². The van der Waals surface area contributed by atoms with Gasteiger partial charge in [-0.3, -0.25) is 9.69 Å². The first kappa shape index (κ1) is 13.6. The van der Waals surface area contributed by atoms with E-state index in [-0.39, 0.29) is 11.7 Å². The highest BCUT2D eigenvalue weighted by molar-refractivity contribution is 5.36. The van der Waals surface area contributed by atoms with Crippen LogP contribution in [0.5, 0.6) is 0 Å². The molecule has 1 aromatic rings. The van der Waals surface area contributed by atoms with Crippen molar-refractivity contribution in [3.05, 3.63) is 22.7 Å². The predicted molar refractivity (Wildman–Crippen MR) is 77.1 cm³/mol. The van der Waals surface area contributed by atoms with Gasteiger partial charge in [0.15, 0.2) is 5.82 Å². The number of hydrogen-bond donors (Lipinski definition) is 1. The third-order valence-corrected chi connectivity index (χ3v) is 3.98. The molecule has 1 N–H and O–H groups in total. The van der Waals surface area contributed by atoms with E-state index >= 15 is 0 Å². The van der Waals surface area contributed by atoms with E-state index < -0.39 is 0 Å². The second kappa shape index (κ2) is 5.54. The van der Waals surface area contributed by atoms with Crippen LogP contribution in [0, 0.1) is 0 Å². The maximum Gasteiger partial charge on any atom is 0.293 e. The Hall–Kier alpha value is -1.40. The van der Waals surface area contributed by atoms with Crippen molar-refractivity contribution in [1.29, 1.82) is 0 Å². The first-order chi connectivity index (χ1) is 9.65. The average molecular weight is 278 g/mol. The second-order valence-corrected chi connectivity index (χ2v) is 5.83. The standard InChI is InChI=1S/C14H22N4O2/c1-11(19)10-16-6-8-17(9-7-16)13-14(20)18(5-4-15-13)12-2-3-12/h4-5,11-12,19H,2-3,6-10H2,1H3/t11-/m1/s1. The molecule has 1 atom stereocenters. The molecule has 1 saturated heterocycles. The summed E-state index contributed by atoms with van der Waals surface area (Å²) in [7, 11) is 0. The SMILES string of the molecule is C[C@@H](O)CN1CCN(c2nccn(C3CC3)c2=O)CC1. The molecule has 0 amide bonds. The molecular weight excluding hydrogens is 256 g/mol. The minimum atomic E-state index is -0.302. The van der Waals surface area contributed by atoms with E-state index in [0.29, 0.717) is 18.4 Å². The predicted octanol–water partition coefficient (Wildman–Crippen LogP) is 0.0810. The number of aliphatic hydroxyl groups is 1. The first-order valence-electron chi connectivity index (χ1n) is 7.37. The summed E-state index contributed by atoms with van der Waals surface area (Å²) in [6.07, 6.45) is 5.44. The van der Waals surface area contributed by atoms with Gasteiger partial charge in [-0.15, -0.1) is 0 Å². The molecule has 1 saturated carbocycles. The second-order valence-electron chi connectivity index (χ2n) is 5.83. The van der Waals surface area contributed by atoms with E-state index in [0.717, 1.165) is 39.0 Å². The monoisotopic (exact) mass is 278 g/mol. The Morgan fingerprint density at radius 2 is 2.05 bits per heavy atom. The third-order valence-electron chi connectivity index (χ3n) is 3.98. The number of aliphatic hydroxyl groups excluding tert-OH is 1. The van der Waals surface area contributed by atoms with Crippen molar-refractivity contribution in [2.75, 3.05) is 37.6 Å². The third kappa shape index (κ3) is 2.86. The molecule has 1 aliphatic heterocycles. The number of rotatable bonds is 4. The van der Waals surface area contributed by atoms with Crippen LogP contribution in [0.25, 0.3) is 0 Å². The van der Waals surface area contributed by atoms with Crippen LogP contribution in [0.15, 0.2) is 17.2 Å². The normalized spacial score (nSPS) is 22.0. The van der Waals surface area contributed by atoms with Crippen LogP contribution in [0.4, 0.5) is 5.82 Å². The lowest BCUT2D eigenvalue weighted by Crippen LogP contribution is -2.50. The van der Waals surface area contributed by atoms with Gasteiger partial charge >= 0.3 is 0 Å². The average Bonchev–Trinajstić information content (AvgIpc) is 3.24. The van der Waals surface area contributed by atoms with Gasteiger partial charge in [-0.2, -0.15) is 0 Å². The molecule has 0 bridgehead atoms. The molecule has 1 aliphatic carbocycles. The summed E-state index contributed by atoms with van der Waals surface area (Å²) in [6.45, 7) is 5.82. The summed E-state index contributed by atoms with van der Waals surface area (Å²) >= 11 is 0. The Morgan fingerprint density at radius 3 is 2.65 bits per heavy atom. The van der Waals surface area contributed by atoms with Gasteiger partial charge in [-0.1, -0.05) is 0 Å². The highest BCUT2D eigenvalue weighted by Gasteiger charge is 2.27. The van der Waals surface area contributed by atoms with Crippen LogP contribution in [-0.4, -0.2) is 58.4 Å². The van der Waals surface area contributed by atoms with Gasteiger partial charge in [0, 0.05) is 51.2 Å². The maximum atomic E-state index is 12.4. The van der Waals surface area contributed by atoms with E-state index in [4.69, 9.17) is 0 Å². The number of β-amino-alcohol motifs (C(OH)–C–C–N with tert-alkyl or cyclic N) is 1. The van der Waals surface area contributed by atoms with E-state index in [1.54, 1.807) is 19.3 Å². The Labute approximate surface area is 118 Å². The highest BCUT2D eigenvalue weighted by Crippen LogP contribution is 2.33. The number of anilines is 1. The lowest BCUT2D eigenvalue weighted by molar-refractivity contribution is 0.122. The Balaban J connectivity index is 1.69. The molecule has 110 valence electrons. The van der Waals surface area contributed by atoms with Crippen molar-refractivity contribution < 1.29 is 5.11 Å². The molecule has 0 radical (unpaired) electrons. The molecule has 2 heterocycles. The van der Waals surface area contributed by atoms with Gasteiger partial charge in [0.1, 0.15) is 0 Å². The van der Waals surface area contributed by atoms with E-state index in [2.05, 4.69) is 14.8 Å². The Kier molecular flexibility index (Phi) is 3.76. The summed E-state index contributed by atoms with van der Waals surface area (Å²) < 4.78 is 1.82. The molecule has 2 fully saturated rings. The van der Waals surface area contributed by atoms with E-state index in [1.165, 1.54) is 0 Å². The molecule has 0 spiro atoms. The fraction of sp³-hybridized carbons (Fsp3) is 0.714. The summed E-state index contributed by atoms with van der Waals surface area (Å²) in [6, 6.07) is 0.390. The van der Waals surface area contributed by atoms with Gasteiger partial charge < -0.3 is 14.6 Å². The van der Waals surface area contributed by atoms with Crippen molar-refractivity contribution >= 4 is 5.82 Å². The number of nitrogens with zero attached hydrogens (tertiary/aromatic N) is 4. The van der Waals surface area contributed by atoms with Gasteiger partial charge in [0.2, 0.25) is 0 Å². The first-order valence-corrected chi connectivity index (χ1v) is 7.37. The lowest BCUT2D eigenvalue weighted by Gasteiger charge is -2.35. The zero-order chi connectivity index (χ0) is 14.1. The molecule has 6 nitrogen and oxygen atoms in total. The van der Waals surface area contributed by atoms with Crippen LogP contribution in [0.1, 0.15) is 25.8 Å². The Morgan fingerprint density at radius 1 is 1.35 bits per heavy atom. The van der Waals surface area contributed by atoms with E-state index in [1.807, 2.05) is 4.57 Å². The molecule has 20 heavy (non-hydrogen) atoms. The van der Waals surface area contributed by atoms with Crippen LogP contribution < -0.4 is 10.5 Å². The smallest absolute Gasteiger partial charge is 0.293 e. The summed E-state index contributed by atoms with van der Waals surface area (Å²) in [5.41, 5.74) is 0.0407. The maximum absolute atomic E-state index is 12.4. The molecule has 6 heteroatoms. The molecular formula is C14H22N4O2. The quantitative estimate of drug-likeness (QED) is 0.845. The van der Waals surface area contributed by atoms with Crippen LogP contribution >= 0.6 is 0 Å². The van der Waals surface area contributed by atoms with Crippen molar-refractivity contribution in [3.8, 4) is 0 Å². The van der Waals surface area contributed by atoms with Crippen molar-refractivity contribution in [3.63, 3.8) is 0 Å². The Bertz CT molecular complexity index is 516. The van der Waals surface area contributed by atoms with Crippen molar-refractivity contribution in [2.24, 2.45) is 0 Å². The molecule has 2 aliphatic rings. The van der Waals surface area contributed by atoms with E-state index in [9.17, 15) is 9.90 Å². The molecule has 0 unspecified atom stereocenters. The van der Waals surface area contributed by atoms with Crippen LogP contribution in [-0.2, 0) is 0 Å². The van der Waals surface area contributed by atoms with Crippen molar-refractivity contribution in [1.82, 2.24) is 14.5 Å². The zero-order valence-electron chi connectivity index (χ0n) is 11.9. The largest absolute Gasteiger partial charge is 0.392 e. The number of piperazine rings is 1. The summed E-state index contributed by atoms with van der Waals surface area (Å²) in [5.74, 6) is 0.580. The zero-order valence-corrected chi connectivity index (χ0v) is 11.9. The summed E-state index contributed by atoms with van der Waals surface area (Å²) in [5, 5.41) is 9.42. The van der Waals surface area contributed by atoms with Crippen molar-refractivity contribution in [2.45, 2.75) is 31.9 Å². The number of hydrogen-bond acceptors (Lipinski definition) is 5. The fourth-order valence-electron chi connectivity index (χ4n) is 2.79. The van der Waals surface area contributed by atoms with Gasteiger partial charge in [0.05, 0.1) is 6.10 Å².